The fourth-order valence-corrected chi connectivity index (χ4v) is 5.17. The summed E-state index contributed by atoms with van der Waals surface area (Å²) in [6, 6.07) is 13.1. The molecule has 0 aliphatic carbocycles. The zero-order valence-corrected chi connectivity index (χ0v) is 22.0. The van der Waals surface area contributed by atoms with Gasteiger partial charge in [-0.2, -0.15) is 18.3 Å². The lowest BCUT2D eigenvalue weighted by molar-refractivity contribution is -0.138. The number of rotatable bonds is 6. The molecule has 0 spiro atoms. The SMILES string of the molecule is CCc1cccc(CC)c1-n1nc2c(c1-c1ccc(NC(N)=O)cc1)CN(c1ncc(C(F)(F)F)cc1F)CC2. The van der Waals surface area contributed by atoms with Gasteiger partial charge in [0.1, 0.15) is 0 Å². The summed E-state index contributed by atoms with van der Waals surface area (Å²) < 4.78 is 56.2. The molecule has 11 heteroatoms. The van der Waals surface area contributed by atoms with Crippen LogP contribution in [-0.2, 0) is 32.0 Å². The Morgan fingerprint density at radius 1 is 1.07 bits per heavy atom. The van der Waals surface area contributed by atoms with Crippen molar-refractivity contribution >= 4 is 17.5 Å². The summed E-state index contributed by atoms with van der Waals surface area (Å²) in [5.41, 5.74) is 11.1. The molecule has 7 nitrogen and oxygen atoms in total. The number of para-hydroxylation sites is 1. The molecule has 0 saturated carbocycles. The van der Waals surface area contributed by atoms with Crippen molar-refractivity contribution in [3.8, 4) is 16.9 Å². The number of nitrogens with one attached hydrogen (secondary N) is 1. The number of carbonyl (C=O) groups is 1. The Labute approximate surface area is 228 Å². The summed E-state index contributed by atoms with van der Waals surface area (Å²) in [5.74, 6) is -1.17. The summed E-state index contributed by atoms with van der Waals surface area (Å²) in [6.45, 7) is 4.70. The molecule has 40 heavy (non-hydrogen) atoms. The number of carbonyl (C=O) groups excluding carboxylic acids is 1. The average molecular weight is 553 g/mol. The van der Waals surface area contributed by atoms with Crippen LogP contribution in [0, 0.1) is 5.82 Å². The monoisotopic (exact) mass is 552 g/mol. The largest absolute Gasteiger partial charge is 0.417 e. The molecule has 2 aromatic heterocycles. The highest BCUT2D eigenvalue weighted by atomic mass is 19.4. The third-order valence-corrected chi connectivity index (χ3v) is 7.09. The van der Waals surface area contributed by atoms with Crippen LogP contribution in [0.1, 0.15) is 41.8 Å². The Morgan fingerprint density at radius 3 is 2.33 bits per heavy atom. The molecule has 2 aromatic carbocycles. The van der Waals surface area contributed by atoms with E-state index in [1.165, 1.54) is 0 Å². The third-order valence-electron chi connectivity index (χ3n) is 7.09. The van der Waals surface area contributed by atoms with E-state index < -0.39 is 23.6 Å². The normalized spacial score (nSPS) is 13.3. The van der Waals surface area contributed by atoms with Gasteiger partial charge in [-0.1, -0.05) is 44.2 Å². The van der Waals surface area contributed by atoms with Crippen molar-refractivity contribution in [1.29, 1.82) is 0 Å². The molecule has 0 radical (unpaired) electrons. The number of pyridine rings is 1. The van der Waals surface area contributed by atoms with Gasteiger partial charge in [0.2, 0.25) is 0 Å². The van der Waals surface area contributed by atoms with Gasteiger partial charge in [-0.3, -0.25) is 0 Å². The number of aromatic nitrogens is 3. The number of halogens is 4. The van der Waals surface area contributed by atoms with Crippen LogP contribution in [0.15, 0.2) is 54.7 Å². The molecule has 1 aliphatic heterocycles. The number of hydrogen-bond acceptors (Lipinski definition) is 4. The minimum absolute atomic E-state index is 0.137. The van der Waals surface area contributed by atoms with Crippen molar-refractivity contribution < 1.29 is 22.4 Å². The van der Waals surface area contributed by atoms with Crippen LogP contribution in [0.2, 0.25) is 0 Å². The first-order chi connectivity index (χ1) is 19.1. The molecule has 3 heterocycles. The van der Waals surface area contributed by atoms with Gasteiger partial charge in [-0.15, -0.1) is 0 Å². The van der Waals surface area contributed by atoms with E-state index in [2.05, 4.69) is 36.3 Å². The van der Waals surface area contributed by atoms with Crippen LogP contribution in [0.25, 0.3) is 16.9 Å². The molecule has 0 fully saturated rings. The molecule has 4 aromatic rings. The fourth-order valence-electron chi connectivity index (χ4n) is 5.17. The first-order valence-corrected chi connectivity index (χ1v) is 13.0. The van der Waals surface area contributed by atoms with Crippen molar-refractivity contribution in [1.82, 2.24) is 14.8 Å². The lowest BCUT2D eigenvalue weighted by atomic mass is 9.99. The van der Waals surface area contributed by atoms with E-state index in [1.807, 2.05) is 22.9 Å². The van der Waals surface area contributed by atoms with Crippen molar-refractivity contribution in [2.45, 2.75) is 45.8 Å². The minimum atomic E-state index is -4.69. The Bertz CT molecular complexity index is 1540. The van der Waals surface area contributed by atoms with Gasteiger partial charge in [-0.05, 0) is 42.2 Å². The Balaban J connectivity index is 1.65. The van der Waals surface area contributed by atoms with Gasteiger partial charge >= 0.3 is 12.2 Å². The first kappa shape index (κ1) is 27.2. The van der Waals surface area contributed by atoms with Crippen LogP contribution in [-0.4, -0.2) is 27.3 Å². The molecular formula is C29H28F4N6O. The second-order valence-corrected chi connectivity index (χ2v) is 9.58. The minimum Gasteiger partial charge on any atom is -0.351 e. The summed E-state index contributed by atoms with van der Waals surface area (Å²) in [6.07, 6.45) is -2.01. The average Bonchev–Trinajstić information content (AvgIpc) is 3.30. The van der Waals surface area contributed by atoms with Gasteiger partial charge in [0.15, 0.2) is 11.6 Å². The van der Waals surface area contributed by atoms with Crippen LogP contribution < -0.4 is 16.0 Å². The van der Waals surface area contributed by atoms with E-state index in [-0.39, 0.29) is 12.4 Å². The molecule has 2 amide bonds. The topological polar surface area (TPSA) is 89.1 Å². The van der Waals surface area contributed by atoms with Gasteiger partial charge < -0.3 is 16.0 Å². The molecular weight excluding hydrogens is 524 g/mol. The smallest absolute Gasteiger partial charge is 0.351 e. The summed E-state index contributed by atoms with van der Waals surface area (Å²) in [7, 11) is 0. The number of nitrogens with two attached hydrogens (primary N) is 1. The highest BCUT2D eigenvalue weighted by molar-refractivity contribution is 5.88. The van der Waals surface area contributed by atoms with Crippen molar-refractivity contribution in [2.24, 2.45) is 5.73 Å². The van der Waals surface area contributed by atoms with E-state index in [4.69, 9.17) is 10.8 Å². The number of anilines is 2. The predicted molar refractivity (Wildman–Crippen MR) is 145 cm³/mol. The Morgan fingerprint density at radius 2 is 1.75 bits per heavy atom. The maximum atomic E-state index is 14.9. The maximum Gasteiger partial charge on any atom is 0.417 e. The molecule has 5 rings (SSSR count). The van der Waals surface area contributed by atoms with Gasteiger partial charge in [-0.25, -0.2) is 18.9 Å². The maximum absolute atomic E-state index is 14.9. The number of primary amides is 1. The second kappa shape index (κ2) is 10.6. The summed E-state index contributed by atoms with van der Waals surface area (Å²) in [4.78, 5) is 16.8. The number of benzene rings is 2. The van der Waals surface area contributed by atoms with Gasteiger partial charge in [0.05, 0.1) is 22.6 Å². The lowest BCUT2D eigenvalue weighted by Gasteiger charge is -2.28. The van der Waals surface area contributed by atoms with E-state index >= 15 is 0 Å². The van der Waals surface area contributed by atoms with Crippen molar-refractivity contribution in [3.63, 3.8) is 0 Å². The highest BCUT2D eigenvalue weighted by Crippen LogP contribution is 2.37. The second-order valence-electron chi connectivity index (χ2n) is 9.58. The number of hydrogen-bond donors (Lipinski definition) is 2. The Kier molecular flexibility index (Phi) is 7.22. The molecule has 0 bridgehead atoms. The lowest BCUT2D eigenvalue weighted by Crippen LogP contribution is -2.32. The van der Waals surface area contributed by atoms with Crippen LogP contribution >= 0.6 is 0 Å². The first-order valence-electron chi connectivity index (χ1n) is 13.0. The molecule has 0 atom stereocenters. The molecule has 1 aliphatic rings. The zero-order valence-electron chi connectivity index (χ0n) is 22.0. The van der Waals surface area contributed by atoms with Gasteiger partial charge in [0, 0.05) is 42.5 Å². The van der Waals surface area contributed by atoms with Crippen molar-refractivity contribution in [2.75, 3.05) is 16.8 Å². The quantitative estimate of drug-likeness (QED) is 0.276. The van der Waals surface area contributed by atoms with E-state index in [1.54, 1.807) is 17.0 Å². The number of fused-ring (bicyclic) bond motifs is 1. The Hall–Kier alpha value is -4.41. The molecule has 3 N–H and O–H groups in total. The molecule has 0 saturated heterocycles. The fraction of sp³-hybridized carbons (Fsp3) is 0.276. The zero-order chi connectivity index (χ0) is 28.6. The summed E-state index contributed by atoms with van der Waals surface area (Å²) >= 11 is 0. The number of alkyl halides is 3. The number of nitrogens with zero attached hydrogens (tertiary/aromatic N) is 4. The van der Waals surface area contributed by atoms with Crippen LogP contribution in [0.4, 0.5) is 33.9 Å². The number of urea groups is 1. The third kappa shape index (κ3) is 5.11. The van der Waals surface area contributed by atoms with E-state index in [0.717, 1.165) is 52.2 Å². The van der Waals surface area contributed by atoms with E-state index in [9.17, 15) is 22.4 Å². The summed E-state index contributed by atoms with van der Waals surface area (Å²) in [5, 5.41) is 7.57. The van der Waals surface area contributed by atoms with Gasteiger partial charge in [0.25, 0.3) is 0 Å². The van der Waals surface area contributed by atoms with Crippen LogP contribution in [0.5, 0.6) is 0 Å². The highest BCUT2D eigenvalue weighted by Gasteiger charge is 2.34. The van der Waals surface area contributed by atoms with Crippen LogP contribution in [0.3, 0.4) is 0 Å². The number of amides is 2. The molecule has 0 unspecified atom stereocenters. The predicted octanol–water partition coefficient (Wildman–Crippen LogP) is 6.27. The molecule has 208 valence electrons. The van der Waals surface area contributed by atoms with E-state index in [0.29, 0.717) is 30.9 Å². The number of aryl methyl sites for hydroxylation is 2. The standard InChI is InChI=1S/C29H28F4N6O/c1-3-17-6-5-7-18(4-2)25(17)39-26(19-8-10-21(11-9-19)36-28(34)40)22-16-38(13-12-24(22)37-39)27-23(30)14-20(15-35-27)29(31,32)33/h5-11,14-15H,3-4,12-13,16H2,1-2H3,(H3,34,36,40). The van der Waals surface area contributed by atoms with Crippen molar-refractivity contribution in [3.05, 3.63) is 88.5 Å².